The van der Waals surface area contributed by atoms with Gasteiger partial charge in [-0.1, -0.05) is 19.8 Å². The Hall–Kier alpha value is -0.610. The summed E-state index contributed by atoms with van der Waals surface area (Å²) in [5.74, 6) is -0.268. The lowest BCUT2D eigenvalue weighted by Crippen LogP contribution is -2.21. The minimum Gasteiger partial charge on any atom is -0.463 e. The maximum atomic E-state index is 10.5. The van der Waals surface area contributed by atoms with Crippen molar-refractivity contribution in [1.29, 1.82) is 0 Å². The average molecular weight is 232 g/mol. The molecule has 0 aliphatic rings. The fraction of sp³-hybridized carbons (Fsp3) is 0.917. The molecule has 0 N–H and O–H groups in total. The molecule has 0 saturated carbocycles. The van der Waals surface area contributed by atoms with Gasteiger partial charge in [0.05, 0.1) is 19.3 Å². The van der Waals surface area contributed by atoms with E-state index in [1.54, 1.807) is 0 Å². The van der Waals surface area contributed by atoms with E-state index in [-0.39, 0.29) is 12.1 Å². The molecule has 0 saturated heterocycles. The van der Waals surface area contributed by atoms with Crippen LogP contribution in [0.5, 0.6) is 0 Å². The summed E-state index contributed by atoms with van der Waals surface area (Å²) in [6, 6.07) is 0. The van der Waals surface area contributed by atoms with Crippen LogP contribution in [0, 0.1) is 0 Å². The first-order valence-electron chi connectivity index (χ1n) is 6.03. The van der Waals surface area contributed by atoms with E-state index in [4.69, 9.17) is 14.2 Å². The first kappa shape index (κ1) is 15.4. The van der Waals surface area contributed by atoms with Crippen LogP contribution in [-0.2, 0) is 19.0 Å². The zero-order chi connectivity index (χ0) is 12.2. The van der Waals surface area contributed by atoms with Crippen molar-refractivity contribution in [3.63, 3.8) is 0 Å². The maximum absolute atomic E-state index is 10.5. The van der Waals surface area contributed by atoms with Gasteiger partial charge < -0.3 is 14.2 Å². The normalized spacial score (nSPS) is 12.4. The predicted molar refractivity (Wildman–Crippen MR) is 62.4 cm³/mol. The van der Waals surface area contributed by atoms with Crippen molar-refractivity contribution >= 4 is 5.97 Å². The molecule has 0 amide bonds. The SMILES string of the molecule is CCCCC(COCCOC(C)=O)OCC. The van der Waals surface area contributed by atoms with Crippen LogP contribution in [0.25, 0.3) is 0 Å². The number of hydrogen-bond acceptors (Lipinski definition) is 4. The van der Waals surface area contributed by atoms with E-state index in [0.717, 1.165) is 19.3 Å². The average Bonchev–Trinajstić information content (AvgIpc) is 2.24. The van der Waals surface area contributed by atoms with Crippen LogP contribution in [0.1, 0.15) is 40.0 Å². The first-order valence-corrected chi connectivity index (χ1v) is 6.03. The van der Waals surface area contributed by atoms with Gasteiger partial charge >= 0.3 is 5.97 Å². The number of carbonyl (C=O) groups excluding carboxylic acids is 1. The van der Waals surface area contributed by atoms with Crippen molar-refractivity contribution in [1.82, 2.24) is 0 Å². The van der Waals surface area contributed by atoms with Crippen molar-refractivity contribution in [2.45, 2.75) is 46.1 Å². The van der Waals surface area contributed by atoms with Crippen LogP contribution in [0.2, 0.25) is 0 Å². The first-order chi connectivity index (χ1) is 7.70. The van der Waals surface area contributed by atoms with Gasteiger partial charge in [0, 0.05) is 13.5 Å². The Balaban J connectivity index is 3.47. The van der Waals surface area contributed by atoms with Gasteiger partial charge in [0.25, 0.3) is 0 Å². The minimum atomic E-state index is -0.268. The number of rotatable bonds is 10. The predicted octanol–water partition coefficient (Wildman–Crippen LogP) is 2.16. The molecule has 1 unspecified atom stereocenters. The Morgan fingerprint density at radius 3 is 2.56 bits per heavy atom. The highest BCUT2D eigenvalue weighted by Gasteiger charge is 2.07. The summed E-state index contributed by atoms with van der Waals surface area (Å²) in [5.41, 5.74) is 0. The molecule has 0 bridgehead atoms. The van der Waals surface area contributed by atoms with Crippen molar-refractivity contribution in [3.05, 3.63) is 0 Å². The molecular weight excluding hydrogens is 208 g/mol. The van der Waals surface area contributed by atoms with Crippen LogP contribution in [-0.4, -0.2) is 38.5 Å². The molecule has 0 radical (unpaired) electrons. The van der Waals surface area contributed by atoms with E-state index in [9.17, 15) is 4.79 Å². The van der Waals surface area contributed by atoms with Crippen molar-refractivity contribution in [3.8, 4) is 0 Å². The third-order valence-corrected chi connectivity index (χ3v) is 2.12. The second kappa shape index (κ2) is 10.9. The summed E-state index contributed by atoms with van der Waals surface area (Å²) < 4.78 is 15.7. The molecule has 1 atom stereocenters. The van der Waals surface area contributed by atoms with Gasteiger partial charge in [-0.05, 0) is 13.3 Å². The third-order valence-electron chi connectivity index (χ3n) is 2.12. The lowest BCUT2D eigenvalue weighted by molar-refractivity contribution is -0.142. The van der Waals surface area contributed by atoms with Crippen LogP contribution >= 0.6 is 0 Å². The Labute approximate surface area is 98.3 Å². The van der Waals surface area contributed by atoms with Crippen LogP contribution in [0.3, 0.4) is 0 Å². The van der Waals surface area contributed by atoms with E-state index >= 15 is 0 Å². The summed E-state index contributed by atoms with van der Waals surface area (Å²) in [7, 11) is 0. The Morgan fingerprint density at radius 1 is 1.25 bits per heavy atom. The summed E-state index contributed by atoms with van der Waals surface area (Å²) in [6.45, 7) is 7.58. The lowest BCUT2D eigenvalue weighted by atomic mass is 10.2. The molecule has 0 aromatic carbocycles. The van der Waals surface area contributed by atoms with Gasteiger partial charge in [-0.15, -0.1) is 0 Å². The molecule has 0 aliphatic heterocycles. The van der Waals surface area contributed by atoms with E-state index in [1.165, 1.54) is 6.92 Å². The Kier molecular flexibility index (Phi) is 10.5. The second-order valence-corrected chi connectivity index (χ2v) is 3.63. The highest BCUT2D eigenvalue weighted by molar-refractivity contribution is 5.65. The van der Waals surface area contributed by atoms with Gasteiger partial charge in [-0.3, -0.25) is 4.79 Å². The lowest BCUT2D eigenvalue weighted by Gasteiger charge is -2.16. The van der Waals surface area contributed by atoms with Crippen LogP contribution in [0.4, 0.5) is 0 Å². The summed E-state index contributed by atoms with van der Waals surface area (Å²) in [5, 5.41) is 0. The van der Waals surface area contributed by atoms with E-state index < -0.39 is 0 Å². The number of carbonyl (C=O) groups is 1. The molecule has 0 spiro atoms. The molecular formula is C12H24O4. The van der Waals surface area contributed by atoms with Crippen molar-refractivity contribution < 1.29 is 19.0 Å². The number of hydrogen-bond donors (Lipinski definition) is 0. The number of esters is 1. The van der Waals surface area contributed by atoms with E-state index in [0.29, 0.717) is 26.4 Å². The standard InChI is InChI=1S/C12H24O4/c1-4-6-7-12(15-5-2)10-14-8-9-16-11(3)13/h12H,4-10H2,1-3H3. The molecule has 0 rings (SSSR count). The Morgan fingerprint density at radius 2 is 2.00 bits per heavy atom. The van der Waals surface area contributed by atoms with Crippen molar-refractivity contribution in [2.24, 2.45) is 0 Å². The molecule has 96 valence electrons. The van der Waals surface area contributed by atoms with Gasteiger partial charge in [0.2, 0.25) is 0 Å². The van der Waals surface area contributed by atoms with Crippen LogP contribution < -0.4 is 0 Å². The maximum Gasteiger partial charge on any atom is 0.302 e. The molecule has 16 heavy (non-hydrogen) atoms. The number of unbranched alkanes of at least 4 members (excludes halogenated alkanes) is 1. The van der Waals surface area contributed by atoms with Crippen molar-refractivity contribution in [2.75, 3.05) is 26.4 Å². The third kappa shape index (κ3) is 9.93. The summed E-state index contributed by atoms with van der Waals surface area (Å²) in [6.07, 6.45) is 3.51. The summed E-state index contributed by atoms with van der Waals surface area (Å²) >= 11 is 0. The van der Waals surface area contributed by atoms with Gasteiger partial charge in [-0.25, -0.2) is 0 Å². The fourth-order valence-corrected chi connectivity index (χ4v) is 1.34. The topological polar surface area (TPSA) is 44.8 Å². The molecule has 0 heterocycles. The number of ether oxygens (including phenoxy) is 3. The van der Waals surface area contributed by atoms with E-state index in [2.05, 4.69) is 6.92 Å². The highest BCUT2D eigenvalue weighted by atomic mass is 16.6. The van der Waals surface area contributed by atoms with Gasteiger partial charge in [0.15, 0.2) is 0 Å². The zero-order valence-electron chi connectivity index (χ0n) is 10.7. The monoisotopic (exact) mass is 232 g/mol. The smallest absolute Gasteiger partial charge is 0.302 e. The van der Waals surface area contributed by atoms with Crippen LogP contribution in [0.15, 0.2) is 0 Å². The molecule has 0 fully saturated rings. The quantitative estimate of drug-likeness (QED) is 0.428. The zero-order valence-corrected chi connectivity index (χ0v) is 10.7. The molecule has 4 nitrogen and oxygen atoms in total. The highest BCUT2D eigenvalue weighted by Crippen LogP contribution is 2.05. The Bertz CT molecular complexity index is 170. The molecule has 0 aromatic heterocycles. The molecule has 4 heteroatoms. The molecule has 0 aromatic rings. The largest absolute Gasteiger partial charge is 0.463 e. The minimum absolute atomic E-state index is 0.169. The van der Waals surface area contributed by atoms with Gasteiger partial charge in [0.1, 0.15) is 6.61 Å². The van der Waals surface area contributed by atoms with E-state index in [1.807, 2.05) is 6.92 Å². The second-order valence-electron chi connectivity index (χ2n) is 3.63. The fourth-order valence-electron chi connectivity index (χ4n) is 1.34. The molecule has 0 aliphatic carbocycles. The van der Waals surface area contributed by atoms with Gasteiger partial charge in [-0.2, -0.15) is 0 Å². The summed E-state index contributed by atoms with van der Waals surface area (Å²) in [4.78, 5) is 10.5.